The number of rotatable bonds is 7. The minimum atomic E-state index is -4.03. The molecule has 2 heterocycles. The highest BCUT2D eigenvalue weighted by Gasteiger charge is 2.19. The molecule has 0 saturated carbocycles. The number of nitrogens with one attached hydrogen (secondary N) is 2. The number of aromatic nitrogens is 2. The van der Waals surface area contributed by atoms with E-state index in [9.17, 15) is 17.6 Å². The lowest BCUT2D eigenvalue weighted by Gasteiger charge is -2.14. The fourth-order valence-electron chi connectivity index (χ4n) is 3.28. The first-order chi connectivity index (χ1) is 16.2. The first-order valence-electron chi connectivity index (χ1n) is 10.2. The van der Waals surface area contributed by atoms with E-state index in [1.165, 1.54) is 25.4 Å². The molecule has 0 unspecified atom stereocenters. The van der Waals surface area contributed by atoms with E-state index in [4.69, 9.17) is 9.26 Å². The Morgan fingerprint density at radius 1 is 1.12 bits per heavy atom. The normalized spacial score (nSPS) is 11.6. The first kappa shape index (κ1) is 23.2. The Balaban J connectivity index is 1.60. The summed E-state index contributed by atoms with van der Waals surface area (Å²) >= 11 is 0. The molecular weight excluding hydrogens is 463 g/mol. The Morgan fingerprint density at radius 3 is 2.53 bits per heavy atom. The van der Waals surface area contributed by atoms with Crippen LogP contribution < -0.4 is 14.8 Å². The summed E-state index contributed by atoms with van der Waals surface area (Å²) in [6.45, 7) is 3.91. The van der Waals surface area contributed by atoms with Gasteiger partial charge in [-0.2, -0.15) is 0 Å². The fraction of sp³-hybridized carbons (Fsp3) is 0.174. The molecule has 2 aromatic carbocycles. The second-order valence-electron chi connectivity index (χ2n) is 7.73. The van der Waals surface area contributed by atoms with E-state index in [1.807, 2.05) is 13.8 Å². The van der Waals surface area contributed by atoms with Crippen LogP contribution in [-0.2, 0) is 10.0 Å². The summed E-state index contributed by atoms with van der Waals surface area (Å²) in [4.78, 5) is 16.9. The zero-order valence-corrected chi connectivity index (χ0v) is 19.3. The molecule has 0 aliphatic heterocycles. The van der Waals surface area contributed by atoms with Crippen molar-refractivity contribution >= 4 is 38.4 Å². The van der Waals surface area contributed by atoms with Gasteiger partial charge < -0.3 is 14.6 Å². The van der Waals surface area contributed by atoms with Crippen molar-refractivity contribution in [1.29, 1.82) is 0 Å². The molecular formula is C23H21FN4O5S. The Labute approximate surface area is 195 Å². The molecule has 11 heteroatoms. The molecule has 0 aliphatic rings. The summed E-state index contributed by atoms with van der Waals surface area (Å²) in [5, 5.41) is 7.37. The van der Waals surface area contributed by atoms with Gasteiger partial charge in [0.1, 0.15) is 11.6 Å². The minimum Gasteiger partial charge on any atom is -0.495 e. The van der Waals surface area contributed by atoms with Gasteiger partial charge in [0.25, 0.3) is 21.6 Å². The Hall–Kier alpha value is -3.99. The number of nitrogens with zero attached hydrogens (tertiary/aromatic N) is 2. The maximum Gasteiger partial charge on any atom is 0.262 e. The number of carbonyl (C=O) groups excluding carboxylic acids is 1. The molecule has 0 radical (unpaired) electrons. The molecule has 34 heavy (non-hydrogen) atoms. The van der Waals surface area contributed by atoms with Crippen LogP contribution in [0.5, 0.6) is 5.75 Å². The van der Waals surface area contributed by atoms with Crippen LogP contribution in [-0.4, -0.2) is 31.6 Å². The van der Waals surface area contributed by atoms with Gasteiger partial charge in [0, 0.05) is 11.9 Å². The van der Waals surface area contributed by atoms with E-state index >= 15 is 0 Å². The molecule has 9 nitrogen and oxygen atoms in total. The van der Waals surface area contributed by atoms with Gasteiger partial charge in [-0.05, 0) is 54.4 Å². The van der Waals surface area contributed by atoms with Crippen molar-refractivity contribution in [2.45, 2.75) is 24.7 Å². The lowest BCUT2D eigenvalue weighted by atomic mass is 10.1. The van der Waals surface area contributed by atoms with E-state index in [0.29, 0.717) is 22.5 Å². The van der Waals surface area contributed by atoms with Gasteiger partial charge >= 0.3 is 0 Å². The topological polar surface area (TPSA) is 123 Å². The molecule has 2 aromatic heterocycles. The van der Waals surface area contributed by atoms with E-state index in [0.717, 1.165) is 24.3 Å². The van der Waals surface area contributed by atoms with Gasteiger partial charge in [0.2, 0.25) is 0 Å². The van der Waals surface area contributed by atoms with Crippen LogP contribution in [0.2, 0.25) is 0 Å². The van der Waals surface area contributed by atoms with Crippen molar-refractivity contribution in [1.82, 2.24) is 10.1 Å². The lowest BCUT2D eigenvalue weighted by molar-refractivity contribution is 0.102. The maximum absolute atomic E-state index is 13.2. The van der Waals surface area contributed by atoms with Crippen LogP contribution in [0.15, 0.2) is 64.1 Å². The first-order valence-corrected chi connectivity index (χ1v) is 11.7. The number of benzene rings is 2. The lowest BCUT2D eigenvalue weighted by Crippen LogP contribution is -2.15. The van der Waals surface area contributed by atoms with Crippen molar-refractivity contribution in [2.75, 3.05) is 17.1 Å². The number of sulfonamides is 1. The quantitative estimate of drug-likeness (QED) is 0.394. The van der Waals surface area contributed by atoms with Crippen LogP contribution >= 0.6 is 0 Å². The predicted octanol–water partition coefficient (Wildman–Crippen LogP) is 4.55. The van der Waals surface area contributed by atoms with Gasteiger partial charge in [-0.3, -0.25) is 9.52 Å². The molecule has 0 aliphatic carbocycles. The number of anilines is 2. The molecule has 0 fully saturated rings. The van der Waals surface area contributed by atoms with Crippen LogP contribution in [0.25, 0.3) is 11.1 Å². The van der Waals surface area contributed by atoms with Crippen LogP contribution in [0.1, 0.15) is 35.8 Å². The second kappa shape index (κ2) is 9.10. The number of hydrogen-bond donors (Lipinski definition) is 2. The molecule has 4 aromatic rings. The number of pyridine rings is 1. The van der Waals surface area contributed by atoms with Crippen molar-refractivity contribution < 1.29 is 26.9 Å². The molecule has 176 valence electrons. The van der Waals surface area contributed by atoms with Crippen molar-refractivity contribution in [3.63, 3.8) is 0 Å². The van der Waals surface area contributed by atoms with Gasteiger partial charge in [-0.1, -0.05) is 19.0 Å². The monoisotopic (exact) mass is 484 g/mol. The number of ether oxygens (including phenoxy) is 1. The third-order valence-corrected chi connectivity index (χ3v) is 6.37. The maximum atomic E-state index is 13.2. The number of hydrogen-bond acceptors (Lipinski definition) is 7. The van der Waals surface area contributed by atoms with Gasteiger partial charge in [-0.15, -0.1) is 0 Å². The van der Waals surface area contributed by atoms with Crippen molar-refractivity contribution in [3.8, 4) is 5.75 Å². The zero-order valence-electron chi connectivity index (χ0n) is 18.5. The molecule has 0 atom stereocenters. The standard InChI is InChI=1S/C23H21FN4O5S/c1-13(2)21-18-10-14(12-25-23(18)33-27-21)22(29)26-16-6-9-20(32-3)19(11-16)28-34(30,31)17-7-4-15(24)5-8-17/h4-13,28H,1-3H3,(H,26,29). The predicted molar refractivity (Wildman–Crippen MR) is 124 cm³/mol. The van der Waals surface area contributed by atoms with Gasteiger partial charge in [-0.25, -0.2) is 17.8 Å². The van der Waals surface area contributed by atoms with Crippen LogP contribution in [0.3, 0.4) is 0 Å². The van der Waals surface area contributed by atoms with E-state index in [2.05, 4.69) is 20.2 Å². The summed E-state index contributed by atoms with van der Waals surface area (Å²) in [6, 6.07) is 10.5. The second-order valence-corrected chi connectivity index (χ2v) is 9.41. The highest BCUT2D eigenvalue weighted by Crippen LogP contribution is 2.31. The van der Waals surface area contributed by atoms with Gasteiger partial charge in [0.05, 0.1) is 34.3 Å². The van der Waals surface area contributed by atoms with E-state index < -0.39 is 21.7 Å². The molecule has 0 spiro atoms. The van der Waals surface area contributed by atoms with Crippen molar-refractivity contribution in [3.05, 3.63) is 71.8 Å². The summed E-state index contributed by atoms with van der Waals surface area (Å²) in [7, 11) is -2.64. The Kier molecular flexibility index (Phi) is 6.20. The fourth-order valence-corrected chi connectivity index (χ4v) is 4.34. The van der Waals surface area contributed by atoms with E-state index in [-0.39, 0.29) is 27.8 Å². The smallest absolute Gasteiger partial charge is 0.262 e. The zero-order chi connectivity index (χ0) is 24.5. The third-order valence-electron chi connectivity index (χ3n) is 4.99. The molecule has 0 saturated heterocycles. The van der Waals surface area contributed by atoms with Crippen LogP contribution in [0, 0.1) is 5.82 Å². The number of carbonyl (C=O) groups is 1. The summed E-state index contributed by atoms with van der Waals surface area (Å²) in [5.41, 5.74) is 1.72. The SMILES string of the molecule is COc1ccc(NC(=O)c2cnc3onc(C(C)C)c3c2)cc1NS(=O)(=O)c1ccc(F)cc1. The Morgan fingerprint density at radius 2 is 1.85 bits per heavy atom. The number of amides is 1. The average Bonchev–Trinajstić information content (AvgIpc) is 3.23. The summed E-state index contributed by atoms with van der Waals surface area (Å²) in [6.07, 6.45) is 1.37. The Bertz CT molecular complexity index is 1470. The number of halogens is 1. The summed E-state index contributed by atoms with van der Waals surface area (Å²) < 4.78 is 51.5. The summed E-state index contributed by atoms with van der Waals surface area (Å²) in [5.74, 6) is -0.694. The molecule has 4 rings (SSSR count). The van der Waals surface area contributed by atoms with Gasteiger partial charge in [0.15, 0.2) is 0 Å². The number of methoxy groups -OCH3 is 1. The van der Waals surface area contributed by atoms with Crippen molar-refractivity contribution in [2.24, 2.45) is 0 Å². The highest BCUT2D eigenvalue weighted by molar-refractivity contribution is 7.92. The van der Waals surface area contributed by atoms with Crippen LogP contribution in [0.4, 0.5) is 15.8 Å². The molecule has 2 N–H and O–H groups in total. The molecule has 0 bridgehead atoms. The minimum absolute atomic E-state index is 0.0830. The molecule has 1 amide bonds. The average molecular weight is 485 g/mol. The largest absolute Gasteiger partial charge is 0.495 e. The van der Waals surface area contributed by atoms with E-state index in [1.54, 1.807) is 12.1 Å². The number of fused-ring (bicyclic) bond motifs is 1. The highest BCUT2D eigenvalue weighted by atomic mass is 32.2. The third kappa shape index (κ3) is 4.69.